The number of carbonyl (C=O) groups excluding carboxylic acids is 2. The van der Waals surface area contributed by atoms with Crippen molar-refractivity contribution in [2.45, 2.75) is 25.9 Å². The number of anilines is 1. The number of aromatic nitrogens is 2. The van der Waals surface area contributed by atoms with Crippen LogP contribution < -0.4 is 5.32 Å². The zero-order chi connectivity index (χ0) is 17.3. The van der Waals surface area contributed by atoms with Gasteiger partial charge in [-0.15, -0.1) is 0 Å². The molecule has 1 N–H and O–H groups in total. The van der Waals surface area contributed by atoms with Crippen molar-refractivity contribution < 1.29 is 14.0 Å². The van der Waals surface area contributed by atoms with Gasteiger partial charge in [0, 0.05) is 26.2 Å². The molecule has 0 unspecified atom stereocenters. The first-order valence-corrected chi connectivity index (χ1v) is 7.84. The molecule has 0 radical (unpaired) electrons. The van der Waals surface area contributed by atoms with Crippen LogP contribution in [0.5, 0.6) is 0 Å². The van der Waals surface area contributed by atoms with Gasteiger partial charge in [-0.05, 0) is 24.6 Å². The van der Waals surface area contributed by atoms with Gasteiger partial charge >= 0.3 is 0 Å². The fraction of sp³-hybridized carbons (Fsp3) is 0.353. The van der Waals surface area contributed by atoms with Crippen LogP contribution in [0, 0.1) is 11.7 Å². The fourth-order valence-electron chi connectivity index (χ4n) is 3.06. The second-order valence-electron chi connectivity index (χ2n) is 5.89. The molecular weight excluding hydrogens is 311 g/mol. The van der Waals surface area contributed by atoms with Crippen molar-refractivity contribution in [1.29, 1.82) is 0 Å². The lowest BCUT2D eigenvalue weighted by Crippen LogP contribution is -2.29. The molecule has 1 saturated heterocycles. The Balaban J connectivity index is 1.82. The summed E-state index contributed by atoms with van der Waals surface area (Å²) < 4.78 is 14.9. The number of hydrogen-bond donors (Lipinski definition) is 1. The van der Waals surface area contributed by atoms with E-state index in [1.54, 1.807) is 41.2 Å². The SMILES string of the molecule is CCn1cc(NC(=O)[C@H]2CC(=O)N(C)[C@H]2c2ccc(F)cc2)cn1. The first kappa shape index (κ1) is 16.2. The third-order valence-corrected chi connectivity index (χ3v) is 4.36. The molecule has 0 spiro atoms. The summed E-state index contributed by atoms with van der Waals surface area (Å²) in [5.41, 5.74) is 1.34. The Labute approximate surface area is 139 Å². The van der Waals surface area contributed by atoms with Gasteiger partial charge in [0.25, 0.3) is 0 Å². The summed E-state index contributed by atoms with van der Waals surface area (Å²) >= 11 is 0. The van der Waals surface area contributed by atoms with E-state index in [1.807, 2.05) is 6.92 Å². The second kappa shape index (κ2) is 6.43. The van der Waals surface area contributed by atoms with Crippen LogP contribution in [0.4, 0.5) is 10.1 Å². The Hall–Kier alpha value is -2.70. The number of likely N-dealkylation sites (tertiary alicyclic amines) is 1. The van der Waals surface area contributed by atoms with Crippen molar-refractivity contribution >= 4 is 17.5 Å². The molecular formula is C17H19FN4O2. The quantitative estimate of drug-likeness (QED) is 0.934. The maximum atomic E-state index is 13.2. The van der Waals surface area contributed by atoms with E-state index in [-0.39, 0.29) is 24.1 Å². The second-order valence-corrected chi connectivity index (χ2v) is 5.89. The van der Waals surface area contributed by atoms with Crippen LogP contribution in [-0.4, -0.2) is 33.5 Å². The van der Waals surface area contributed by atoms with Crippen molar-refractivity contribution in [2.24, 2.45) is 5.92 Å². The molecule has 1 fully saturated rings. The standard InChI is InChI=1S/C17H19FN4O2/c1-3-22-10-13(9-19-22)20-17(24)14-8-15(23)21(2)16(14)11-4-6-12(18)7-5-11/h4-7,9-10,14,16H,3,8H2,1-2H3,(H,20,24)/t14-,16-/m0/s1. The van der Waals surface area contributed by atoms with Gasteiger partial charge in [-0.25, -0.2) is 4.39 Å². The Morgan fingerprint density at radius 3 is 2.71 bits per heavy atom. The summed E-state index contributed by atoms with van der Waals surface area (Å²) in [6.45, 7) is 2.66. The zero-order valence-corrected chi connectivity index (χ0v) is 13.6. The van der Waals surface area contributed by atoms with Gasteiger partial charge in [-0.2, -0.15) is 5.10 Å². The minimum atomic E-state index is -0.530. The lowest BCUT2D eigenvalue weighted by molar-refractivity contribution is -0.127. The number of nitrogens with one attached hydrogen (secondary N) is 1. The predicted molar refractivity (Wildman–Crippen MR) is 86.5 cm³/mol. The molecule has 1 aromatic carbocycles. The molecule has 2 aromatic rings. The van der Waals surface area contributed by atoms with E-state index < -0.39 is 12.0 Å². The van der Waals surface area contributed by atoms with Crippen molar-refractivity contribution in [3.63, 3.8) is 0 Å². The van der Waals surface area contributed by atoms with Gasteiger partial charge in [0.2, 0.25) is 11.8 Å². The highest BCUT2D eigenvalue weighted by molar-refractivity contribution is 5.97. The highest BCUT2D eigenvalue weighted by Gasteiger charge is 2.42. The summed E-state index contributed by atoms with van der Waals surface area (Å²) in [6, 6.07) is 5.51. The molecule has 0 aliphatic carbocycles. The van der Waals surface area contributed by atoms with Crippen molar-refractivity contribution in [2.75, 3.05) is 12.4 Å². The van der Waals surface area contributed by atoms with Gasteiger partial charge in [0.1, 0.15) is 5.82 Å². The molecule has 7 heteroatoms. The Morgan fingerprint density at radius 1 is 1.38 bits per heavy atom. The van der Waals surface area contributed by atoms with Gasteiger partial charge in [-0.1, -0.05) is 12.1 Å². The monoisotopic (exact) mass is 330 g/mol. The summed E-state index contributed by atoms with van der Waals surface area (Å²) in [4.78, 5) is 26.3. The topological polar surface area (TPSA) is 67.2 Å². The molecule has 2 amide bonds. The number of amides is 2. The van der Waals surface area contributed by atoms with E-state index in [0.717, 1.165) is 5.56 Å². The highest BCUT2D eigenvalue weighted by Crippen LogP contribution is 2.37. The fourth-order valence-corrected chi connectivity index (χ4v) is 3.06. The van der Waals surface area contributed by atoms with E-state index in [0.29, 0.717) is 12.2 Å². The average molecular weight is 330 g/mol. The molecule has 1 aliphatic rings. The minimum absolute atomic E-state index is 0.103. The summed E-state index contributed by atoms with van der Waals surface area (Å²) in [6.07, 6.45) is 3.45. The molecule has 1 aromatic heterocycles. The van der Waals surface area contributed by atoms with E-state index in [1.165, 1.54) is 12.1 Å². The molecule has 1 aliphatic heterocycles. The van der Waals surface area contributed by atoms with Gasteiger partial charge in [0.05, 0.1) is 23.8 Å². The van der Waals surface area contributed by atoms with Crippen LogP contribution in [0.3, 0.4) is 0 Å². The summed E-state index contributed by atoms with van der Waals surface area (Å²) in [5.74, 6) is -1.22. The molecule has 24 heavy (non-hydrogen) atoms. The predicted octanol–water partition coefficient (Wildman–Crippen LogP) is 2.20. The first-order valence-electron chi connectivity index (χ1n) is 7.84. The summed E-state index contributed by atoms with van der Waals surface area (Å²) in [5, 5.41) is 6.93. The number of rotatable bonds is 4. The smallest absolute Gasteiger partial charge is 0.230 e. The van der Waals surface area contributed by atoms with E-state index in [9.17, 15) is 14.0 Å². The molecule has 6 nitrogen and oxygen atoms in total. The Morgan fingerprint density at radius 2 is 2.08 bits per heavy atom. The van der Waals surface area contributed by atoms with Crippen LogP contribution in [0.2, 0.25) is 0 Å². The molecule has 2 heterocycles. The number of halogens is 1. The van der Waals surface area contributed by atoms with Crippen molar-refractivity contribution in [1.82, 2.24) is 14.7 Å². The van der Waals surface area contributed by atoms with Gasteiger partial charge < -0.3 is 10.2 Å². The minimum Gasteiger partial charge on any atom is -0.338 e. The van der Waals surface area contributed by atoms with Crippen molar-refractivity contribution in [3.8, 4) is 0 Å². The Bertz CT molecular complexity index is 756. The maximum Gasteiger partial charge on any atom is 0.230 e. The lowest BCUT2D eigenvalue weighted by atomic mass is 9.93. The van der Waals surface area contributed by atoms with Gasteiger partial charge in [-0.3, -0.25) is 14.3 Å². The van der Waals surface area contributed by atoms with Crippen LogP contribution in [0.15, 0.2) is 36.7 Å². The average Bonchev–Trinajstić information content (AvgIpc) is 3.14. The van der Waals surface area contributed by atoms with Gasteiger partial charge in [0.15, 0.2) is 0 Å². The number of carbonyl (C=O) groups is 2. The van der Waals surface area contributed by atoms with Crippen LogP contribution in [-0.2, 0) is 16.1 Å². The number of nitrogens with zero attached hydrogens (tertiary/aromatic N) is 3. The van der Waals surface area contributed by atoms with Crippen LogP contribution >= 0.6 is 0 Å². The molecule has 126 valence electrons. The van der Waals surface area contributed by atoms with E-state index in [4.69, 9.17) is 0 Å². The number of aryl methyl sites for hydroxylation is 1. The molecule has 2 atom stereocenters. The first-order chi connectivity index (χ1) is 11.5. The van der Waals surface area contributed by atoms with Crippen molar-refractivity contribution in [3.05, 3.63) is 48.0 Å². The third kappa shape index (κ3) is 3.02. The molecule has 3 rings (SSSR count). The lowest BCUT2D eigenvalue weighted by Gasteiger charge is -2.24. The number of benzene rings is 1. The largest absolute Gasteiger partial charge is 0.338 e. The summed E-state index contributed by atoms with van der Waals surface area (Å²) in [7, 11) is 1.67. The zero-order valence-electron chi connectivity index (χ0n) is 13.6. The van der Waals surface area contributed by atoms with Crippen LogP contribution in [0.1, 0.15) is 24.9 Å². The molecule has 0 bridgehead atoms. The molecule has 0 saturated carbocycles. The highest BCUT2D eigenvalue weighted by atomic mass is 19.1. The Kier molecular flexibility index (Phi) is 4.33. The normalized spacial score (nSPS) is 20.5. The number of hydrogen-bond acceptors (Lipinski definition) is 3. The van der Waals surface area contributed by atoms with Crippen LogP contribution in [0.25, 0.3) is 0 Å². The maximum absolute atomic E-state index is 13.2. The van der Waals surface area contributed by atoms with E-state index in [2.05, 4.69) is 10.4 Å². The third-order valence-electron chi connectivity index (χ3n) is 4.36. The van der Waals surface area contributed by atoms with E-state index >= 15 is 0 Å².